The monoisotopic (exact) mass is 667 g/mol. The normalized spacial score (nSPS) is 15.5. The second-order valence-electron chi connectivity index (χ2n) is 10.9. The fraction of sp³-hybridized carbons (Fsp3) is 0.333. The molecule has 1 aliphatic heterocycles. The molecule has 0 bridgehead atoms. The van der Waals surface area contributed by atoms with Crippen LogP contribution in [0, 0.1) is 5.82 Å². The van der Waals surface area contributed by atoms with Crippen molar-refractivity contribution in [2.24, 2.45) is 0 Å². The molecule has 2 unspecified atom stereocenters. The third-order valence-corrected chi connectivity index (χ3v) is 7.32. The zero-order chi connectivity index (χ0) is 35.6. The number of fused-ring (bicyclic) bond motifs is 1. The topological polar surface area (TPSA) is 87.5 Å². The van der Waals surface area contributed by atoms with Gasteiger partial charge in [0.1, 0.15) is 24.0 Å². The van der Waals surface area contributed by atoms with Crippen molar-refractivity contribution in [1.82, 2.24) is 20.0 Å². The highest BCUT2D eigenvalue weighted by Crippen LogP contribution is 2.44. The van der Waals surface area contributed by atoms with Crippen LogP contribution < -0.4 is 10.2 Å². The highest BCUT2D eigenvalue weighted by molar-refractivity contribution is 6.05. The van der Waals surface area contributed by atoms with Gasteiger partial charge in [-0.05, 0) is 69.0 Å². The molecule has 0 radical (unpaired) electrons. The maximum atomic E-state index is 14.2. The van der Waals surface area contributed by atoms with Crippen molar-refractivity contribution < 1.29 is 31.9 Å². The first-order valence-electron chi connectivity index (χ1n) is 15.7. The Morgan fingerprint density at radius 2 is 1.60 bits per heavy atom. The number of para-hydroxylation sites is 1. The highest BCUT2D eigenvalue weighted by Gasteiger charge is 2.46. The SMILES string of the molecule is CC.CCC=O.CCN1C(=O)C(NC(=O)c2cccc(C(F)(F)F)c2)C(c2ccc(F)cc2)c2c(CN(C)C)nn(-c3ccccc3)c21. The van der Waals surface area contributed by atoms with Crippen LogP contribution in [0.5, 0.6) is 0 Å². The van der Waals surface area contributed by atoms with Gasteiger partial charge in [-0.3, -0.25) is 14.5 Å². The Labute approximate surface area is 278 Å². The number of nitrogens with zero attached hydrogens (tertiary/aromatic N) is 4. The Bertz CT molecular complexity index is 1670. The van der Waals surface area contributed by atoms with E-state index >= 15 is 0 Å². The molecule has 3 aromatic carbocycles. The summed E-state index contributed by atoms with van der Waals surface area (Å²) in [6.45, 7) is 8.23. The molecular weight excluding hydrogens is 626 g/mol. The molecule has 1 N–H and O–H groups in total. The summed E-state index contributed by atoms with van der Waals surface area (Å²) >= 11 is 0. The number of anilines is 1. The molecule has 8 nitrogen and oxygen atoms in total. The van der Waals surface area contributed by atoms with Crippen molar-refractivity contribution in [1.29, 1.82) is 0 Å². The predicted octanol–water partition coefficient (Wildman–Crippen LogP) is 7.01. The average molecular weight is 668 g/mol. The van der Waals surface area contributed by atoms with Gasteiger partial charge in [0.25, 0.3) is 11.8 Å². The molecule has 256 valence electrons. The lowest BCUT2D eigenvalue weighted by molar-refractivity contribution is -0.137. The lowest BCUT2D eigenvalue weighted by Crippen LogP contribution is -2.55. The van der Waals surface area contributed by atoms with E-state index < -0.39 is 41.3 Å². The van der Waals surface area contributed by atoms with Crippen LogP contribution in [0.1, 0.15) is 72.8 Å². The minimum atomic E-state index is -4.64. The maximum Gasteiger partial charge on any atom is 0.416 e. The molecular formula is C36H41F4N5O3. The molecule has 0 spiro atoms. The number of carbonyl (C=O) groups excluding carboxylic acids is 3. The number of alkyl halides is 3. The van der Waals surface area contributed by atoms with E-state index in [0.717, 1.165) is 24.5 Å². The predicted molar refractivity (Wildman–Crippen MR) is 178 cm³/mol. The summed E-state index contributed by atoms with van der Waals surface area (Å²) in [5.41, 5.74) is 1.35. The van der Waals surface area contributed by atoms with Gasteiger partial charge < -0.3 is 15.0 Å². The van der Waals surface area contributed by atoms with Gasteiger partial charge in [-0.15, -0.1) is 0 Å². The number of likely N-dealkylation sites (N-methyl/N-ethyl adjacent to an activating group) is 1. The molecule has 12 heteroatoms. The number of rotatable bonds is 8. The number of hydrogen-bond acceptors (Lipinski definition) is 5. The minimum absolute atomic E-state index is 0.234. The lowest BCUT2D eigenvalue weighted by Gasteiger charge is -2.38. The van der Waals surface area contributed by atoms with Crippen LogP contribution >= 0.6 is 0 Å². The van der Waals surface area contributed by atoms with Gasteiger partial charge >= 0.3 is 6.18 Å². The molecule has 5 rings (SSSR count). The van der Waals surface area contributed by atoms with Gasteiger partial charge in [-0.2, -0.15) is 18.3 Å². The van der Waals surface area contributed by atoms with Crippen LogP contribution in [-0.2, 0) is 22.3 Å². The van der Waals surface area contributed by atoms with E-state index in [1.54, 1.807) is 23.7 Å². The minimum Gasteiger partial charge on any atom is -0.339 e. The van der Waals surface area contributed by atoms with E-state index in [0.29, 0.717) is 41.3 Å². The summed E-state index contributed by atoms with van der Waals surface area (Å²) in [4.78, 5) is 40.2. The molecule has 0 saturated heterocycles. The van der Waals surface area contributed by atoms with Crippen LogP contribution in [0.2, 0.25) is 0 Å². The van der Waals surface area contributed by atoms with E-state index in [-0.39, 0.29) is 12.1 Å². The molecule has 2 heterocycles. The standard InChI is InChI=1S/C31H29F4N5O2.C3H6O.C2H6/c1-4-39-29-26(24(18-38(2)3)37-40(29)23-11-6-5-7-12-23)25(19-13-15-22(32)16-14-19)27(30(39)42)36-28(41)20-9-8-10-21(17-20)31(33,34)35;1-2-3-4;1-2/h5-17,25,27H,4,18H2,1-3H3,(H,36,41);3H,2H2,1H3;1-2H3. The molecule has 0 fully saturated rings. The summed E-state index contributed by atoms with van der Waals surface area (Å²) < 4.78 is 55.9. The Balaban J connectivity index is 0.000000970. The van der Waals surface area contributed by atoms with Gasteiger partial charge in [-0.25, -0.2) is 9.07 Å². The summed E-state index contributed by atoms with van der Waals surface area (Å²) in [7, 11) is 3.75. The molecule has 2 atom stereocenters. The van der Waals surface area contributed by atoms with Crippen molar-refractivity contribution >= 4 is 23.9 Å². The van der Waals surface area contributed by atoms with E-state index in [1.165, 1.54) is 23.1 Å². The number of aromatic nitrogens is 2. The van der Waals surface area contributed by atoms with Crippen molar-refractivity contribution in [3.8, 4) is 5.69 Å². The van der Waals surface area contributed by atoms with E-state index in [1.807, 2.05) is 70.1 Å². The smallest absolute Gasteiger partial charge is 0.339 e. The summed E-state index contributed by atoms with van der Waals surface area (Å²) in [5, 5.41) is 7.63. The number of hydrogen-bond donors (Lipinski definition) is 1. The fourth-order valence-corrected chi connectivity index (χ4v) is 5.33. The van der Waals surface area contributed by atoms with Crippen LogP contribution in [0.4, 0.5) is 23.4 Å². The first kappa shape index (κ1) is 37.6. The summed E-state index contributed by atoms with van der Waals surface area (Å²) in [6, 6.07) is 17.7. The average Bonchev–Trinajstić information content (AvgIpc) is 3.44. The number of halogens is 4. The van der Waals surface area contributed by atoms with Crippen LogP contribution in [0.3, 0.4) is 0 Å². The molecule has 1 aromatic heterocycles. The number of carbonyl (C=O) groups is 3. The number of amides is 2. The van der Waals surface area contributed by atoms with Gasteiger partial charge in [0, 0.05) is 36.6 Å². The quantitative estimate of drug-likeness (QED) is 0.161. The molecule has 48 heavy (non-hydrogen) atoms. The van der Waals surface area contributed by atoms with Gasteiger partial charge in [0.05, 0.1) is 16.9 Å². The third kappa shape index (κ3) is 8.54. The second-order valence-corrected chi connectivity index (χ2v) is 10.9. The van der Waals surface area contributed by atoms with E-state index in [4.69, 9.17) is 5.10 Å². The van der Waals surface area contributed by atoms with Crippen LogP contribution in [-0.4, -0.2) is 59.5 Å². The molecule has 0 saturated carbocycles. The number of nitrogens with one attached hydrogen (secondary N) is 1. The maximum absolute atomic E-state index is 14.2. The lowest BCUT2D eigenvalue weighted by atomic mass is 9.80. The Kier molecular flexibility index (Phi) is 13.2. The van der Waals surface area contributed by atoms with E-state index in [9.17, 15) is 31.9 Å². The Hall–Kier alpha value is -4.84. The Morgan fingerprint density at radius 3 is 2.15 bits per heavy atom. The fourth-order valence-electron chi connectivity index (χ4n) is 5.33. The largest absolute Gasteiger partial charge is 0.416 e. The van der Waals surface area contributed by atoms with Gasteiger partial charge in [0.2, 0.25) is 0 Å². The summed E-state index contributed by atoms with van der Waals surface area (Å²) in [6.07, 6.45) is -3.13. The van der Waals surface area contributed by atoms with Crippen LogP contribution in [0.15, 0.2) is 78.9 Å². The number of aldehydes is 1. The highest BCUT2D eigenvalue weighted by atomic mass is 19.4. The zero-order valence-corrected chi connectivity index (χ0v) is 27.9. The van der Waals surface area contributed by atoms with Gasteiger partial charge in [-0.1, -0.05) is 57.2 Å². The van der Waals surface area contributed by atoms with Crippen molar-refractivity contribution in [3.05, 3.63) is 113 Å². The summed E-state index contributed by atoms with van der Waals surface area (Å²) in [5.74, 6) is -2.07. The Morgan fingerprint density at radius 1 is 0.979 bits per heavy atom. The second kappa shape index (κ2) is 16.8. The third-order valence-electron chi connectivity index (χ3n) is 7.32. The van der Waals surface area contributed by atoms with Crippen molar-refractivity contribution in [2.45, 2.75) is 58.8 Å². The van der Waals surface area contributed by atoms with E-state index in [2.05, 4.69) is 5.32 Å². The van der Waals surface area contributed by atoms with Crippen LogP contribution in [0.25, 0.3) is 5.69 Å². The molecule has 2 amide bonds. The number of benzene rings is 3. The molecule has 0 aliphatic carbocycles. The first-order chi connectivity index (χ1) is 22.9. The van der Waals surface area contributed by atoms with Gasteiger partial charge in [0.15, 0.2) is 0 Å². The van der Waals surface area contributed by atoms with Crippen molar-refractivity contribution in [3.63, 3.8) is 0 Å². The molecule has 1 aliphatic rings. The zero-order valence-electron chi connectivity index (χ0n) is 27.9. The van der Waals surface area contributed by atoms with Crippen molar-refractivity contribution in [2.75, 3.05) is 25.5 Å². The molecule has 4 aromatic rings. The first-order valence-corrected chi connectivity index (χ1v) is 15.7.